The number of hydrogen-bond acceptors (Lipinski definition) is 5. The van der Waals surface area contributed by atoms with E-state index in [9.17, 15) is 9.90 Å². The van der Waals surface area contributed by atoms with E-state index < -0.39 is 5.97 Å². The number of nitrogens with zero attached hydrogens (tertiary/aromatic N) is 2. The number of hydrogen-bond donors (Lipinski definition) is 1. The van der Waals surface area contributed by atoms with Crippen LogP contribution < -0.4 is 9.64 Å². The molecule has 0 radical (unpaired) electrons. The van der Waals surface area contributed by atoms with E-state index >= 15 is 0 Å². The molecule has 0 aliphatic carbocycles. The van der Waals surface area contributed by atoms with E-state index in [1.165, 1.54) is 11.3 Å². The van der Waals surface area contributed by atoms with Gasteiger partial charge in [0.1, 0.15) is 10.6 Å². The summed E-state index contributed by atoms with van der Waals surface area (Å²) in [6.45, 7) is 3.88. The van der Waals surface area contributed by atoms with Crippen molar-refractivity contribution in [2.24, 2.45) is 0 Å². The smallest absolute Gasteiger partial charge is 0.347 e. The highest BCUT2D eigenvalue weighted by Crippen LogP contribution is 2.34. The van der Waals surface area contributed by atoms with Crippen LogP contribution in [-0.4, -0.2) is 30.2 Å². The van der Waals surface area contributed by atoms with E-state index in [0.717, 1.165) is 11.4 Å². The first-order chi connectivity index (χ1) is 9.93. The van der Waals surface area contributed by atoms with Crippen LogP contribution >= 0.6 is 11.3 Å². The van der Waals surface area contributed by atoms with Gasteiger partial charge in [0.25, 0.3) is 0 Å². The van der Waals surface area contributed by atoms with Crippen LogP contribution in [0.4, 0.5) is 10.8 Å². The average Bonchev–Trinajstić information content (AvgIpc) is 2.92. The minimum atomic E-state index is -0.929. The summed E-state index contributed by atoms with van der Waals surface area (Å²) in [7, 11) is 3.48. The van der Waals surface area contributed by atoms with Gasteiger partial charge in [0.05, 0.1) is 12.8 Å². The van der Waals surface area contributed by atoms with E-state index in [-0.39, 0.29) is 5.92 Å². The number of aromatic carboxylic acids is 1. The molecule has 0 amide bonds. The lowest BCUT2D eigenvalue weighted by atomic mass is 10.1. The Hall–Kier alpha value is -2.08. The molecule has 1 N–H and O–H groups in total. The van der Waals surface area contributed by atoms with E-state index in [1.807, 2.05) is 50.1 Å². The second-order valence-corrected chi connectivity index (χ2v) is 5.91. The highest BCUT2D eigenvalue weighted by Gasteiger charge is 2.21. The van der Waals surface area contributed by atoms with Gasteiger partial charge in [0, 0.05) is 18.8 Å². The Balaban J connectivity index is 2.41. The molecular weight excluding hydrogens is 288 g/mol. The zero-order valence-corrected chi connectivity index (χ0v) is 13.3. The summed E-state index contributed by atoms with van der Waals surface area (Å²) in [5.74, 6) is -0.111. The second-order valence-electron chi connectivity index (χ2n) is 4.93. The van der Waals surface area contributed by atoms with Crippen molar-refractivity contribution >= 4 is 28.1 Å². The lowest BCUT2D eigenvalue weighted by Crippen LogP contribution is -2.09. The summed E-state index contributed by atoms with van der Waals surface area (Å²) in [5.41, 5.74) is 1.52. The summed E-state index contributed by atoms with van der Waals surface area (Å²) < 4.78 is 5.21. The van der Waals surface area contributed by atoms with Gasteiger partial charge in [-0.05, 0) is 18.1 Å². The molecule has 1 aromatic carbocycles. The largest absolute Gasteiger partial charge is 0.497 e. The maximum Gasteiger partial charge on any atom is 0.347 e. The fourth-order valence-corrected chi connectivity index (χ4v) is 2.98. The summed E-state index contributed by atoms with van der Waals surface area (Å²) >= 11 is 1.19. The molecule has 0 bridgehead atoms. The van der Waals surface area contributed by atoms with Crippen molar-refractivity contribution < 1.29 is 14.6 Å². The molecule has 0 unspecified atom stereocenters. The molecule has 1 aromatic heterocycles. The SMILES string of the molecule is COc1cccc(N(C)c2nc(C(C)C)c(C(=O)O)s2)c1. The third-order valence-electron chi connectivity index (χ3n) is 3.11. The maximum atomic E-state index is 11.3. The summed E-state index contributed by atoms with van der Waals surface area (Å²) in [4.78, 5) is 18.0. The molecule has 0 atom stereocenters. The van der Waals surface area contributed by atoms with Gasteiger partial charge >= 0.3 is 5.97 Å². The van der Waals surface area contributed by atoms with E-state index in [0.29, 0.717) is 15.7 Å². The summed E-state index contributed by atoms with van der Waals surface area (Å²) in [6, 6.07) is 7.57. The van der Waals surface area contributed by atoms with Gasteiger partial charge in [-0.3, -0.25) is 0 Å². The number of carboxylic acids is 1. The normalized spacial score (nSPS) is 10.7. The van der Waals surface area contributed by atoms with Crippen molar-refractivity contribution in [2.75, 3.05) is 19.1 Å². The van der Waals surface area contributed by atoms with E-state index in [1.54, 1.807) is 7.11 Å². The van der Waals surface area contributed by atoms with Crippen molar-refractivity contribution in [3.05, 3.63) is 34.8 Å². The molecule has 0 spiro atoms. The monoisotopic (exact) mass is 306 g/mol. The Morgan fingerprint density at radius 1 is 1.43 bits per heavy atom. The number of methoxy groups -OCH3 is 1. The molecule has 2 aromatic rings. The molecule has 5 nitrogen and oxygen atoms in total. The predicted molar refractivity (Wildman–Crippen MR) is 84.2 cm³/mol. The fraction of sp³-hybridized carbons (Fsp3) is 0.333. The molecule has 2 rings (SSSR count). The predicted octanol–water partition coefficient (Wildman–Crippen LogP) is 3.74. The van der Waals surface area contributed by atoms with Crippen molar-refractivity contribution in [2.45, 2.75) is 19.8 Å². The van der Waals surface area contributed by atoms with Crippen molar-refractivity contribution in [3.63, 3.8) is 0 Å². The average molecular weight is 306 g/mol. The summed E-state index contributed by atoms with van der Waals surface area (Å²) in [5, 5.41) is 9.95. The fourth-order valence-electron chi connectivity index (χ4n) is 1.94. The molecule has 1 heterocycles. The molecular formula is C15H18N2O3S. The third kappa shape index (κ3) is 3.16. The molecule has 0 aliphatic heterocycles. The van der Waals surface area contributed by atoms with Crippen molar-refractivity contribution in [1.82, 2.24) is 4.98 Å². The molecule has 112 valence electrons. The Morgan fingerprint density at radius 2 is 2.14 bits per heavy atom. The highest BCUT2D eigenvalue weighted by molar-refractivity contribution is 7.17. The number of aromatic nitrogens is 1. The van der Waals surface area contributed by atoms with Crippen LogP contribution in [0.25, 0.3) is 0 Å². The zero-order chi connectivity index (χ0) is 15.6. The van der Waals surface area contributed by atoms with Gasteiger partial charge < -0.3 is 14.7 Å². The quantitative estimate of drug-likeness (QED) is 0.911. The molecule has 6 heteroatoms. The van der Waals surface area contributed by atoms with Gasteiger partial charge in [-0.25, -0.2) is 9.78 Å². The van der Waals surface area contributed by atoms with Crippen LogP contribution in [0.3, 0.4) is 0 Å². The first-order valence-corrected chi connectivity index (χ1v) is 7.37. The Kier molecular flexibility index (Phi) is 4.47. The number of thiazole rings is 1. The summed E-state index contributed by atoms with van der Waals surface area (Å²) in [6.07, 6.45) is 0. The first-order valence-electron chi connectivity index (χ1n) is 6.55. The number of carboxylic acid groups (broad SMARTS) is 1. The Labute approximate surface area is 127 Å². The van der Waals surface area contributed by atoms with Crippen LogP contribution in [-0.2, 0) is 0 Å². The standard InChI is InChI=1S/C15H18N2O3S/c1-9(2)12-13(14(18)19)21-15(16-12)17(3)10-6-5-7-11(8-10)20-4/h5-9H,1-4H3,(H,18,19). The molecule has 0 fully saturated rings. The van der Waals surface area contributed by atoms with E-state index in [4.69, 9.17) is 4.74 Å². The Bertz CT molecular complexity index is 652. The maximum absolute atomic E-state index is 11.3. The number of benzene rings is 1. The molecule has 21 heavy (non-hydrogen) atoms. The number of rotatable bonds is 5. The lowest BCUT2D eigenvalue weighted by molar-refractivity contribution is 0.0700. The van der Waals surface area contributed by atoms with Crippen molar-refractivity contribution in [1.29, 1.82) is 0 Å². The molecule has 0 saturated carbocycles. The number of anilines is 2. The topological polar surface area (TPSA) is 62.7 Å². The van der Waals surface area contributed by atoms with Gasteiger partial charge in [0.2, 0.25) is 0 Å². The highest BCUT2D eigenvalue weighted by atomic mass is 32.1. The molecule has 0 saturated heterocycles. The molecule has 0 aliphatic rings. The van der Waals surface area contributed by atoms with Crippen LogP contribution in [0.15, 0.2) is 24.3 Å². The van der Waals surface area contributed by atoms with E-state index in [2.05, 4.69) is 4.98 Å². The second kappa shape index (κ2) is 6.13. The van der Waals surface area contributed by atoms with Crippen LogP contribution in [0, 0.1) is 0 Å². The van der Waals surface area contributed by atoms with Gasteiger partial charge in [-0.2, -0.15) is 0 Å². The zero-order valence-electron chi connectivity index (χ0n) is 12.5. The van der Waals surface area contributed by atoms with Crippen molar-refractivity contribution in [3.8, 4) is 5.75 Å². The van der Waals surface area contributed by atoms with Gasteiger partial charge in [0.15, 0.2) is 5.13 Å². The van der Waals surface area contributed by atoms with Crippen LogP contribution in [0.5, 0.6) is 5.75 Å². The third-order valence-corrected chi connectivity index (χ3v) is 4.25. The van der Waals surface area contributed by atoms with Gasteiger partial charge in [-0.1, -0.05) is 31.3 Å². The van der Waals surface area contributed by atoms with Crippen LogP contribution in [0.2, 0.25) is 0 Å². The lowest BCUT2D eigenvalue weighted by Gasteiger charge is -2.16. The minimum absolute atomic E-state index is 0.0693. The number of carbonyl (C=O) groups is 1. The van der Waals surface area contributed by atoms with Gasteiger partial charge in [-0.15, -0.1) is 0 Å². The first kappa shape index (κ1) is 15.3. The van der Waals surface area contributed by atoms with Crippen LogP contribution in [0.1, 0.15) is 35.1 Å². The Morgan fingerprint density at radius 3 is 2.67 bits per heavy atom. The number of ether oxygens (including phenoxy) is 1. The minimum Gasteiger partial charge on any atom is -0.497 e.